The van der Waals surface area contributed by atoms with Gasteiger partial charge in [0, 0.05) is 12.6 Å². The zero-order valence-electron chi connectivity index (χ0n) is 18.2. The maximum atomic E-state index is 12.1. The highest BCUT2D eigenvalue weighted by molar-refractivity contribution is 5.98. The Morgan fingerprint density at radius 3 is 2.32 bits per heavy atom. The molecule has 166 valence electrons. The Labute approximate surface area is 183 Å². The number of benzene rings is 2. The maximum absolute atomic E-state index is 12.1. The highest BCUT2D eigenvalue weighted by atomic mass is 16.5. The monoisotopic (exact) mass is 427 g/mol. The number of nitrogens with one attached hydrogen (secondary N) is 1. The van der Waals surface area contributed by atoms with E-state index in [4.69, 9.17) is 23.7 Å². The molecule has 0 heterocycles. The van der Waals surface area contributed by atoms with Gasteiger partial charge >= 0.3 is 0 Å². The van der Waals surface area contributed by atoms with Gasteiger partial charge in [0.15, 0.2) is 11.5 Å². The van der Waals surface area contributed by atoms with Gasteiger partial charge in [0.1, 0.15) is 6.61 Å². The molecular weight excluding hydrogens is 398 g/mol. The van der Waals surface area contributed by atoms with Gasteiger partial charge in [-0.15, -0.1) is 0 Å². The highest BCUT2D eigenvalue weighted by Crippen LogP contribution is 2.32. The number of ether oxygens (including phenoxy) is 5. The molecule has 0 bridgehead atoms. The van der Waals surface area contributed by atoms with Gasteiger partial charge in [-0.2, -0.15) is 0 Å². The molecule has 7 nitrogen and oxygen atoms in total. The average Bonchev–Trinajstić information content (AvgIpc) is 2.81. The molecule has 2 rings (SSSR count). The Balaban J connectivity index is 1.68. The lowest BCUT2D eigenvalue weighted by atomic mass is 10.1. The molecule has 0 aliphatic heterocycles. The lowest BCUT2D eigenvalue weighted by molar-refractivity contribution is 0.0158. The van der Waals surface area contributed by atoms with E-state index < -0.39 is 0 Å². The fourth-order valence-corrected chi connectivity index (χ4v) is 2.70. The van der Waals surface area contributed by atoms with Gasteiger partial charge in [-0.1, -0.05) is 42.2 Å². The lowest BCUT2D eigenvalue weighted by Gasteiger charge is -2.12. The first-order valence-corrected chi connectivity index (χ1v) is 9.93. The molecule has 0 aliphatic carbocycles. The Morgan fingerprint density at radius 1 is 0.935 bits per heavy atom. The Hall–Kier alpha value is -3.05. The molecule has 0 atom stereocenters. The molecular formula is C24H29NO6. The molecule has 31 heavy (non-hydrogen) atoms. The number of hydrogen-bond donors (Lipinski definition) is 1. The number of amides is 1. The van der Waals surface area contributed by atoms with Crippen LogP contribution in [0.5, 0.6) is 11.5 Å². The van der Waals surface area contributed by atoms with E-state index in [9.17, 15) is 4.79 Å². The van der Waals surface area contributed by atoms with Crippen LogP contribution in [0.15, 0.2) is 42.5 Å². The molecule has 2 aromatic rings. The van der Waals surface area contributed by atoms with Crippen LogP contribution < -0.4 is 14.8 Å². The minimum atomic E-state index is -0.278. The van der Waals surface area contributed by atoms with E-state index in [-0.39, 0.29) is 12.5 Å². The molecule has 0 fully saturated rings. The van der Waals surface area contributed by atoms with Crippen molar-refractivity contribution >= 4 is 5.91 Å². The van der Waals surface area contributed by atoms with Crippen LogP contribution in [0.25, 0.3) is 0 Å². The van der Waals surface area contributed by atoms with Crippen molar-refractivity contribution < 1.29 is 28.5 Å². The van der Waals surface area contributed by atoms with Gasteiger partial charge in [0.2, 0.25) is 0 Å². The van der Waals surface area contributed by atoms with Gasteiger partial charge in [-0.3, -0.25) is 4.79 Å². The summed E-state index contributed by atoms with van der Waals surface area (Å²) in [6.45, 7) is 2.76. The first-order chi connectivity index (χ1) is 15.2. The van der Waals surface area contributed by atoms with Crippen molar-refractivity contribution in [2.45, 2.75) is 6.61 Å². The second kappa shape index (κ2) is 14.0. The fraction of sp³-hybridized carbons (Fsp3) is 0.375. The highest BCUT2D eigenvalue weighted by Gasteiger charge is 2.17. The average molecular weight is 427 g/mol. The predicted molar refractivity (Wildman–Crippen MR) is 118 cm³/mol. The normalized spacial score (nSPS) is 10.2. The van der Waals surface area contributed by atoms with Crippen molar-refractivity contribution in [2.24, 2.45) is 0 Å². The Bertz CT molecular complexity index is 873. The van der Waals surface area contributed by atoms with Gasteiger partial charge in [0.05, 0.1) is 52.8 Å². The molecule has 1 amide bonds. The van der Waals surface area contributed by atoms with Crippen LogP contribution in [0.2, 0.25) is 0 Å². The van der Waals surface area contributed by atoms with Crippen LogP contribution in [0.3, 0.4) is 0 Å². The summed E-state index contributed by atoms with van der Waals surface area (Å²) in [7, 11) is 4.55. The largest absolute Gasteiger partial charge is 0.493 e. The number of rotatable bonds is 12. The maximum Gasteiger partial charge on any atom is 0.254 e. The van der Waals surface area contributed by atoms with Crippen molar-refractivity contribution in [3.63, 3.8) is 0 Å². The minimum Gasteiger partial charge on any atom is -0.493 e. The van der Waals surface area contributed by atoms with E-state index in [2.05, 4.69) is 17.2 Å². The van der Waals surface area contributed by atoms with Crippen LogP contribution >= 0.6 is 0 Å². The second-order valence-electron chi connectivity index (χ2n) is 6.34. The molecule has 0 aromatic heterocycles. The first-order valence-electron chi connectivity index (χ1n) is 9.93. The van der Waals surface area contributed by atoms with Crippen molar-refractivity contribution in [3.05, 3.63) is 59.2 Å². The third kappa shape index (κ3) is 8.30. The van der Waals surface area contributed by atoms with Gasteiger partial charge in [-0.25, -0.2) is 0 Å². The van der Waals surface area contributed by atoms with E-state index in [1.165, 1.54) is 14.2 Å². The van der Waals surface area contributed by atoms with Crippen LogP contribution in [-0.4, -0.2) is 60.2 Å². The van der Waals surface area contributed by atoms with Crippen LogP contribution in [0.4, 0.5) is 0 Å². The third-order valence-corrected chi connectivity index (χ3v) is 4.21. The molecule has 0 unspecified atom stereocenters. The zero-order valence-corrected chi connectivity index (χ0v) is 18.2. The molecule has 2 aromatic carbocycles. The SMILES string of the molecule is CNC(=O)c1cc(C#CCOCCOCCOCc2ccccc2)cc(OC)c1OC. The van der Waals surface area contributed by atoms with E-state index in [0.29, 0.717) is 55.7 Å². The van der Waals surface area contributed by atoms with Crippen molar-refractivity contribution in [1.82, 2.24) is 5.32 Å². The summed E-state index contributed by atoms with van der Waals surface area (Å²) in [5, 5.41) is 2.58. The van der Waals surface area contributed by atoms with Crippen molar-refractivity contribution in [3.8, 4) is 23.3 Å². The first kappa shape index (κ1) is 24.2. The summed E-state index contributed by atoms with van der Waals surface area (Å²) in [5.41, 5.74) is 2.13. The topological polar surface area (TPSA) is 75.3 Å². The lowest BCUT2D eigenvalue weighted by Crippen LogP contribution is -2.19. The van der Waals surface area contributed by atoms with Crippen LogP contribution in [0.1, 0.15) is 21.5 Å². The minimum absolute atomic E-state index is 0.248. The second-order valence-corrected chi connectivity index (χ2v) is 6.34. The van der Waals surface area contributed by atoms with Crippen molar-refractivity contribution in [1.29, 1.82) is 0 Å². The smallest absolute Gasteiger partial charge is 0.254 e. The molecule has 0 aliphatic rings. The molecule has 0 spiro atoms. The molecule has 7 heteroatoms. The number of methoxy groups -OCH3 is 2. The summed E-state index contributed by atoms with van der Waals surface area (Å²) in [5.74, 6) is 6.43. The summed E-state index contributed by atoms with van der Waals surface area (Å²) in [6, 6.07) is 13.4. The van der Waals surface area contributed by atoms with Gasteiger partial charge in [-0.05, 0) is 17.7 Å². The van der Waals surface area contributed by atoms with Gasteiger partial charge in [0.25, 0.3) is 5.91 Å². The Kier molecular flexibility index (Phi) is 11.0. The summed E-state index contributed by atoms with van der Waals surface area (Å²) in [4.78, 5) is 12.1. The predicted octanol–water partition coefficient (Wildman–Crippen LogP) is 2.66. The van der Waals surface area contributed by atoms with E-state index in [1.807, 2.05) is 30.3 Å². The van der Waals surface area contributed by atoms with Crippen LogP contribution in [-0.2, 0) is 20.8 Å². The summed E-state index contributed by atoms with van der Waals surface area (Å²) in [6.07, 6.45) is 0. The van der Waals surface area contributed by atoms with Crippen LogP contribution in [0, 0.1) is 11.8 Å². The van der Waals surface area contributed by atoms with Gasteiger partial charge < -0.3 is 29.0 Å². The molecule has 0 radical (unpaired) electrons. The standard InChI is InChI=1S/C24H29NO6/c1-25-24(26)21-16-20(17-22(27-2)23(21)28-3)10-7-11-29-12-13-30-14-15-31-18-19-8-5-4-6-9-19/h4-6,8-9,16-17H,11-15,18H2,1-3H3,(H,25,26). The molecule has 1 N–H and O–H groups in total. The summed E-state index contributed by atoms with van der Waals surface area (Å²) >= 11 is 0. The van der Waals surface area contributed by atoms with E-state index in [1.54, 1.807) is 19.2 Å². The Morgan fingerprint density at radius 2 is 1.65 bits per heavy atom. The number of carbonyl (C=O) groups is 1. The third-order valence-electron chi connectivity index (χ3n) is 4.21. The molecule has 0 saturated carbocycles. The van der Waals surface area contributed by atoms with Crippen molar-refractivity contribution in [2.75, 3.05) is 54.3 Å². The fourth-order valence-electron chi connectivity index (χ4n) is 2.70. The quantitative estimate of drug-likeness (QED) is 0.415. The zero-order chi connectivity index (χ0) is 22.3. The van der Waals surface area contributed by atoms with E-state index >= 15 is 0 Å². The van der Waals surface area contributed by atoms with E-state index in [0.717, 1.165) is 5.56 Å². The number of hydrogen-bond acceptors (Lipinski definition) is 6. The number of carbonyl (C=O) groups excluding carboxylic acids is 1. The molecule has 0 saturated heterocycles. The summed E-state index contributed by atoms with van der Waals surface area (Å²) < 4.78 is 27.1.